The smallest absolute Gasteiger partial charge is 0.393 e. The Balaban J connectivity index is 1.38. The van der Waals surface area contributed by atoms with Gasteiger partial charge in [0.05, 0.1) is 35.0 Å². The normalized spacial score (nSPS) is 24.6. The Labute approximate surface area is 204 Å². The number of aliphatic hydroxyl groups is 1. The third-order valence-electron chi connectivity index (χ3n) is 7.29. The fourth-order valence-electron chi connectivity index (χ4n) is 5.33. The van der Waals surface area contributed by atoms with Gasteiger partial charge in [-0.25, -0.2) is 4.68 Å². The molecule has 2 aliphatic heterocycles. The predicted molar refractivity (Wildman–Crippen MR) is 126 cm³/mol. The summed E-state index contributed by atoms with van der Waals surface area (Å²) in [5.41, 5.74) is -0.128. The number of aliphatic hydroxyl groups excluding tert-OH is 1. The number of aromatic nitrogens is 4. The molecule has 1 saturated carbocycles. The first-order chi connectivity index (χ1) is 17.3. The fraction of sp³-hybridized carbons (Fsp3) is 0.500. The van der Waals surface area contributed by atoms with Crippen LogP contribution >= 0.6 is 0 Å². The van der Waals surface area contributed by atoms with Crippen LogP contribution in [0.3, 0.4) is 0 Å². The summed E-state index contributed by atoms with van der Waals surface area (Å²) in [6.07, 6.45) is 0.163. The van der Waals surface area contributed by atoms with E-state index < -0.39 is 11.7 Å². The Bertz CT molecular complexity index is 1300. The maximum atomic E-state index is 13.3. The van der Waals surface area contributed by atoms with Gasteiger partial charge in [-0.15, -0.1) is 0 Å². The average molecular weight is 502 g/mol. The van der Waals surface area contributed by atoms with Crippen LogP contribution in [0, 0.1) is 0 Å². The van der Waals surface area contributed by atoms with Crippen molar-refractivity contribution < 1.29 is 23.1 Å². The number of halogens is 3. The minimum absolute atomic E-state index is 0.0174. The number of rotatable bonds is 5. The Morgan fingerprint density at radius 3 is 2.69 bits per heavy atom. The monoisotopic (exact) mass is 501 g/mol. The number of nitrogens with zero attached hydrogens (tertiary/aromatic N) is 6. The minimum atomic E-state index is -4.48. The second kappa shape index (κ2) is 8.61. The van der Waals surface area contributed by atoms with Gasteiger partial charge in [-0.2, -0.15) is 28.2 Å². The second-order valence-electron chi connectivity index (χ2n) is 9.76. The molecular weight excluding hydrogens is 475 g/mol. The molecule has 2 saturated heterocycles. The van der Waals surface area contributed by atoms with E-state index in [0.29, 0.717) is 55.2 Å². The van der Waals surface area contributed by atoms with Gasteiger partial charge in [-0.05, 0) is 43.9 Å². The second-order valence-corrected chi connectivity index (χ2v) is 9.76. The molecule has 1 aromatic carbocycles. The number of hydrogen-bond donors (Lipinski definition) is 2. The molecule has 0 bridgehead atoms. The molecule has 3 fully saturated rings. The van der Waals surface area contributed by atoms with Gasteiger partial charge in [0.2, 0.25) is 11.9 Å². The molecule has 1 atom stereocenters. The molecule has 1 aliphatic carbocycles. The third-order valence-corrected chi connectivity index (χ3v) is 7.29. The Morgan fingerprint density at radius 2 is 1.97 bits per heavy atom. The van der Waals surface area contributed by atoms with Crippen LogP contribution in [0.15, 0.2) is 30.5 Å². The quantitative estimate of drug-likeness (QED) is 0.555. The Hall–Kier alpha value is -3.41. The van der Waals surface area contributed by atoms with Crippen molar-refractivity contribution in [1.82, 2.24) is 24.6 Å². The molecule has 0 radical (unpaired) electrons. The van der Waals surface area contributed by atoms with Crippen LogP contribution in [0.25, 0.3) is 16.7 Å². The molecule has 1 amide bonds. The van der Waals surface area contributed by atoms with E-state index in [1.54, 1.807) is 12.3 Å². The molecule has 4 heterocycles. The highest BCUT2D eigenvalue weighted by Crippen LogP contribution is 2.34. The van der Waals surface area contributed by atoms with Crippen molar-refractivity contribution in [2.45, 2.75) is 56.5 Å². The summed E-state index contributed by atoms with van der Waals surface area (Å²) in [5, 5.41) is 17.9. The van der Waals surface area contributed by atoms with E-state index in [2.05, 4.69) is 20.3 Å². The zero-order valence-corrected chi connectivity index (χ0v) is 19.4. The average Bonchev–Trinajstić information content (AvgIpc) is 3.56. The lowest BCUT2D eigenvalue weighted by Crippen LogP contribution is -2.39. The van der Waals surface area contributed by atoms with Crippen LogP contribution in [0.5, 0.6) is 0 Å². The van der Waals surface area contributed by atoms with Crippen molar-refractivity contribution >= 4 is 28.7 Å². The summed E-state index contributed by atoms with van der Waals surface area (Å²) in [7, 11) is 0. The molecule has 2 aromatic heterocycles. The first kappa shape index (κ1) is 23.0. The van der Waals surface area contributed by atoms with Crippen LogP contribution in [0.2, 0.25) is 0 Å². The minimum Gasteiger partial charge on any atom is -0.393 e. The molecule has 6 rings (SSSR count). The number of nitrogens with one attached hydrogen (secondary N) is 1. The van der Waals surface area contributed by atoms with Crippen molar-refractivity contribution in [2.75, 3.05) is 29.9 Å². The maximum Gasteiger partial charge on any atom is 0.416 e. The molecule has 36 heavy (non-hydrogen) atoms. The number of hydrogen-bond acceptors (Lipinski definition) is 7. The van der Waals surface area contributed by atoms with Gasteiger partial charge >= 0.3 is 6.18 Å². The van der Waals surface area contributed by atoms with E-state index in [9.17, 15) is 23.1 Å². The molecular formula is C24H26F3N7O2. The van der Waals surface area contributed by atoms with Crippen molar-refractivity contribution in [3.8, 4) is 5.69 Å². The van der Waals surface area contributed by atoms with E-state index in [4.69, 9.17) is 4.98 Å². The summed E-state index contributed by atoms with van der Waals surface area (Å²) in [4.78, 5) is 25.7. The Morgan fingerprint density at radius 1 is 1.14 bits per heavy atom. The predicted octanol–water partition coefficient (Wildman–Crippen LogP) is 2.97. The molecule has 2 N–H and O–H groups in total. The molecule has 9 nitrogen and oxygen atoms in total. The van der Waals surface area contributed by atoms with Gasteiger partial charge in [0.1, 0.15) is 5.82 Å². The third kappa shape index (κ3) is 4.12. The van der Waals surface area contributed by atoms with Gasteiger partial charge in [0.15, 0.2) is 5.65 Å². The summed E-state index contributed by atoms with van der Waals surface area (Å²) < 4.78 is 41.4. The lowest BCUT2D eigenvalue weighted by atomic mass is 9.90. The van der Waals surface area contributed by atoms with Gasteiger partial charge < -0.3 is 20.2 Å². The lowest BCUT2D eigenvalue weighted by molar-refractivity contribution is -0.137. The van der Waals surface area contributed by atoms with Crippen LogP contribution in [-0.4, -0.2) is 73.5 Å². The van der Waals surface area contributed by atoms with Crippen molar-refractivity contribution in [3.63, 3.8) is 0 Å². The first-order valence-corrected chi connectivity index (χ1v) is 12.2. The summed E-state index contributed by atoms with van der Waals surface area (Å²) >= 11 is 0. The highest BCUT2D eigenvalue weighted by molar-refractivity contribution is 5.89. The van der Waals surface area contributed by atoms with Crippen molar-refractivity contribution in [3.05, 3.63) is 36.0 Å². The maximum absolute atomic E-state index is 13.3. The van der Waals surface area contributed by atoms with E-state index in [-0.39, 0.29) is 29.8 Å². The van der Waals surface area contributed by atoms with E-state index in [1.165, 1.54) is 10.7 Å². The zero-order valence-electron chi connectivity index (χ0n) is 19.4. The Kier molecular flexibility index (Phi) is 5.51. The number of amides is 1. The van der Waals surface area contributed by atoms with Crippen LogP contribution in [0.4, 0.5) is 24.9 Å². The lowest BCUT2D eigenvalue weighted by Gasteiger charge is -2.32. The molecule has 1 unspecified atom stereocenters. The zero-order chi connectivity index (χ0) is 25.0. The van der Waals surface area contributed by atoms with Crippen LogP contribution in [-0.2, 0) is 11.0 Å². The topological polar surface area (TPSA) is 99.4 Å². The first-order valence-electron chi connectivity index (χ1n) is 12.2. The number of likely N-dealkylation sites (tertiary alicyclic amines) is 1. The van der Waals surface area contributed by atoms with Gasteiger partial charge in [0.25, 0.3) is 0 Å². The highest BCUT2D eigenvalue weighted by Gasteiger charge is 2.35. The van der Waals surface area contributed by atoms with E-state index >= 15 is 0 Å². The number of anilines is 2. The van der Waals surface area contributed by atoms with Crippen molar-refractivity contribution in [1.29, 1.82) is 0 Å². The number of carbonyl (C=O) groups excluding carboxylic acids is 1. The van der Waals surface area contributed by atoms with Gasteiger partial charge in [-0.3, -0.25) is 4.79 Å². The van der Waals surface area contributed by atoms with Crippen LogP contribution < -0.4 is 10.2 Å². The van der Waals surface area contributed by atoms with Crippen LogP contribution in [0.1, 0.15) is 37.7 Å². The summed E-state index contributed by atoms with van der Waals surface area (Å²) in [6.45, 7) is 2.08. The number of benzene rings is 1. The number of fused-ring (bicyclic) bond motifs is 1. The SMILES string of the molecule is O=C1CCCN1C1CCN(c2nc(NC3CC(O)C3)nc3c2cnn3-c2cccc(C(F)(F)F)c2)C1. The highest BCUT2D eigenvalue weighted by atomic mass is 19.4. The van der Waals surface area contributed by atoms with E-state index in [1.807, 2.05) is 4.90 Å². The largest absolute Gasteiger partial charge is 0.416 e. The standard InChI is InChI=1S/C24H26F3N7O2/c25-24(26,27)14-3-1-4-16(9-14)34-22-19(12-28-34)21(30-23(31-22)29-15-10-18(35)11-15)32-8-6-17(13-32)33-7-2-5-20(33)36/h1,3-4,9,12,15,17-18,35H,2,5-8,10-11,13H2,(H,29,30,31). The number of alkyl halides is 3. The molecule has 190 valence electrons. The van der Waals surface area contributed by atoms with Gasteiger partial charge in [-0.1, -0.05) is 6.07 Å². The summed E-state index contributed by atoms with van der Waals surface area (Å²) in [5.74, 6) is 1.15. The molecule has 0 spiro atoms. The fourth-order valence-corrected chi connectivity index (χ4v) is 5.33. The molecule has 3 aromatic rings. The summed E-state index contributed by atoms with van der Waals surface area (Å²) in [6, 6.07) is 5.10. The van der Waals surface area contributed by atoms with Gasteiger partial charge in [0, 0.05) is 32.1 Å². The van der Waals surface area contributed by atoms with Crippen molar-refractivity contribution in [2.24, 2.45) is 0 Å². The molecule has 12 heteroatoms. The molecule has 3 aliphatic rings. The van der Waals surface area contributed by atoms with E-state index in [0.717, 1.165) is 31.5 Å². The number of carbonyl (C=O) groups is 1.